The fourth-order valence-electron chi connectivity index (χ4n) is 2.14. The van der Waals surface area contributed by atoms with Gasteiger partial charge in [-0.1, -0.05) is 13.0 Å². The zero-order valence-electron chi connectivity index (χ0n) is 11.3. The van der Waals surface area contributed by atoms with Crippen LogP contribution in [0.3, 0.4) is 0 Å². The largest absolute Gasteiger partial charge is 0.356 e. The van der Waals surface area contributed by atoms with Gasteiger partial charge in [-0.25, -0.2) is 9.97 Å². The Hall–Kier alpha value is -1.91. The minimum Gasteiger partial charge on any atom is -0.356 e. The van der Waals surface area contributed by atoms with Crippen LogP contribution in [0.2, 0.25) is 0 Å². The Labute approximate surface area is 113 Å². The van der Waals surface area contributed by atoms with Crippen LogP contribution in [-0.4, -0.2) is 35.5 Å². The van der Waals surface area contributed by atoms with Gasteiger partial charge >= 0.3 is 0 Å². The average Bonchev–Trinajstić information content (AvgIpc) is 2.45. The molecule has 0 aliphatic carbocycles. The minimum absolute atomic E-state index is 0.186. The molecule has 5 heteroatoms. The molecule has 1 aromatic heterocycles. The quantitative estimate of drug-likeness (QED) is 0.836. The molecule has 2 rings (SSSR count). The van der Waals surface area contributed by atoms with Crippen LogP contribution in [0.1, 0.15) is 30.3 Å². The molecular weight excluding hydrogens is 240 g/mol. The van der Waals surface area contributed by atoms with Crippen molar-refractivity contribution in [3.63, 3.8) is 0 Å². The summed E-state index contributed by atoms with van der Waals surface area (Å²) in [6.45, 7) is 8.27. The summed E-state index contributed by atoms with van der Waals surface area (Å²) in [5.74, 6) is 1.42. The number of hydrogen-bond donors (Lipinski definition) is 1. The van der Waals surface area contributed by atoms with E-state index in [4.69, 9.17) is 0 Å². The van der Waals surface area contributed by atoms with E-state index in [1.54, 1.807) is 12.1 Å². The van der Waals surface area contributed by atoms with Gasteiger partial charge in [0.1, 0.15) is 17.8 Å². The molecule has 2 heterocycles. The second-order valence-corrected chi connectivity index (χ2v) is 4.93. The second kappa shape index (κ2) is 6.31. The third-order valence-corrected chi connectivity index (χ3v) is 3.40. The van der Waals surface area contributed by atoms with Crippen molar-refractivity contribution in [2.75, 3.05) is 24.5 Å². The number of anilines is 1. The Morgan fingerprint density at radius 2 is 2.26 bits per heavy atom. The SMILES string of the molecule is C=CCNC(=O)c1cc(N2CCC(C)CC2)ncn1. The molecule has 1 aliphatic rings. The molecule has 1 aromatic rings. The standard InChI is InChI=1S/C14H20N4O/c1-3-6-15-14(19)12-9-13(17-10-16-12)18-7-4-11(2)5-8-18/h3,9-11H,1,4-8H2,2H3,(H,15,19). The average molecular weight is 260 g/mol. The summed E-state index contributed by atoms with van der Waals surface area (Å²) in [6, 6.07) is 1.76. The monoisotopic (exact) mass is 260 g/mol. The maximum Gasteiger partial charge on any atom is 0.270 e. The molecule has 1 amide bonds. The number of aromatic nitrogens is 2. The summed E-state index contributed by atoms with van der Waals surface area (Å²) in [6.07, 6.45) is 5.44. The molecular formula is C14H20N4O. The summed E-state index contributed by atoms with van der Waals surface area (Å²) in [5, 5.41) is 2.72. The van der Waals surface area contributed by atoms with E-state index in [1.807, 2.05) is 0 Å². The molecule has 1 N–H and O–H groups in total. The van der Waals surface area contributed by atoms with Crippen molar-refractivity contribution < 1.29 is 4.79 Å². The first-order valence-electron chi connectivity index (χ1n) is 6.67. The van der Waals surface area contributed by atoms with Crippen LogP contribution in [0.4, 0.5) is 5.82 Å². The Morgan fingerprint density at radius 3 is 2.95 bits per heavy atom. The Balaban J connectivity index is 2.06. The van der Waals surface area contributed by atoms with Crippen LogP contribution in [0.15, 0.2) is 25.0 Å². The van der Waals surface area contributed by atoms with Crippen molar-refractivity contribution in [1.29, 1.82) is 0 Å². The lowest BCUT2D eigenvalue weighted by Gasteiger charge is -2.31. The van der Waals surface area contributed by atoms with Crippen LogP contribution in [0, 0.1) is 5.92 Å². The Kier molecular flexibility index (Phi) is 4.49. The van der Waals surface area contributed by atoms with Gasteiger partial charge in [0.05, 0.1) is 0 Å². The molecule has 0 aromatic carbocycles. The lowest BCUT2D eigenvalue weighted by atomic mass is 9.99. The molecule has 1 aliphatic heterocycles. The van der Waals surface area contributed by atoms with Crippen LogP contribution in [0.25, 0.3) is 0 Å². The molecule has 0 atom stereocenters. The van der Waals surface area contributed by atoms with E-state index >= 15 is 0 Å². The number of amides is 1. The Bertz CT molecular complexity index is 453. The van der Waals surface area contributed by atoms with Crippen molar-refractivity contribution in [3.05, 3.63) is 30.7 Å². The fourth-order valence-corrected chi connectivity index (χ4v) is 2.14. The van der Waals surface area contributed by atoms with Gasteiger partial charge in [-0.2, -0.15) is 0 Å². The van der Waals surface area contributed by atoms with Gasteiger partial charge in [-0.3, -0.25) is 4.79 Å². The highest BCUT2D eigenvalue weighted by molar-refractivity contribution is 5.92. The van der Waals surface area contributed by atoms with Crippen LogP contribution < -0.4 is 10.2 Å². The summed E-state index contributed by atoms with van der Waals surface area (Å²) in [4.78, 5) is 22.3. The summed E-state index contributed by atoms with van der Waals surface area (Å²) >= 11 is 0. The van der Waals surface area contributed by atoms with Crippen molar-refractivity contribution in [2.24, 2.45) is 5.92 Å². The third-order valence-electron chi connectivity index (χ3n) is 3.40. The topological polar surface area (TPSA) is 58.1 Å². The molecule has 0 radical (unpaired) electrons. The molecule has 0 unspecified atom stereocenters. The molecule has 19 heavy (non-hydrogen) atoms. The van der Waals surface area contributed by atoms with Gasteiger partial charge in [0.2, 0.25) is 0 Å². The third kappa shape index (κ3) is 3.53. The van der Waals surface area contributed by atoms with E-state index in [-0.39, 0.29) is 5.91 Å². The predicted molar refractivity (Wildman–Crippen MR) is 75.2 cm³/mol. The molecule has 0 saturated carbocycles. The van der Waals surface area contributed by atoms with E-state index in [1.165, 1.54) is 19.2 Å². The zero-order valence-corrected chi connectivity index (χ0v) is 11.3. The fraction of sp³-hybridized carbons (Fsp3) is 0.500. The van der Waals surface area contributed by atoms with Crippen molar-refractivity contribution >= 4 is 11.7 Å². The lowest BCUT2D eigenvalue weighted by molar-refractivity contribution is 0.0953. The van der Waals surface area contributed by atoms with E-state index in [0.717, 1.165) is 24.8 Å². The normalized spacial score (nSPS) is 16.2. The Morgan fingerprint density at radius 1 is 1.53 bits per heavy atom. The summed E-state index contributed by atoms with van der Waals surface area (Å²) in [7, 11) is 0. The molecule has 0 spiro atoms. The number of nitrogens with one attached hydrogen (secondary N) is 1. The second-order valence-electron chi connectivity index (χ2n) is 4.93. The van der Waals surface area contributed by atoms with Gasteiger partial charge in [-0.05, 0) is 18.8 Å². The number of nitrogens with zero attached hydrogens (tertiary/aromatic N) is 3. The first-order chi connectivity index (χ1) is 9.20. The van der Waals surface area contributed by atoms with Gasteiger partial charge in [0.25, 0.3) is 5.91 Å². The van der Waals surface area contributed by atoms with E-state index in [9.17, 15) is 4.79 Å². The molecule has 0 bridgehead atoms. The molecule has 1 fully saturated rings. The minimum atomic E-state index is -0.186. The highest BCUT2D eigenvalue weighted by atomic mass is 16.1. The maximum atomic E-state index is 11.8. The lowest BCUT2D eigenvalue weighted by Crippen LogP contribution is -2.34. The number of carbonyl (C=O) groups is 1. The predicted octanol–water partition coefficient (Wildman–Crippen LogP) is 1.63. The first kappa shape index (κ1) is 13.5. The number of rotatable bonds is 4. The smallest absolute Gasteiger partial charge is 0.270 e. The maximum absolute atomic E-state index is 11.8. The van der Waals surface area contributed by atoms with Crippen LogP contribution >= 0.6 is 0 Å². The number of carbonyl (C=O) groups excluding carboxylic acids is 1. The van der Waals surface area contributed by atoms with Crippen molar-refractivity contribution in [3.8, 4) is 0 Å². The van der Waals surface area contributed by atoms with E-state index in [0.29, 0.717) is 12.2 Å². The van der Waals surface area contributed by atoms with Gasteiger partial charge in [-0.15, -0.1) is 6.58 Å². The van der Waals surface area contributed by atoms with Gasteiger partial charge in [0.15, 0.2) is 0 Å². The zero-order chi connectivity index (χ0) is 13.7. The molecule has 102 valence electrons. The first-order valence-corrected chi connectivity index (χ1v) is 6.67. The van der Waals surface area contributed by atoms with Crippen LogP contribution in [-0.2, 0) is 0 Å². The summed E-state index contributed by atoms with van der Waals surface area (Å²) < 4.78 is 0. The molecule has 5 nitrogen and oxygen atoms in total. The summed E-state index contributed by atoms with van der Waals surface area (Å²) in [5.41, 5.74) is 0.408. The number of piperidine rings is 1. The molecule has 1 saturated heterocycles. The van der Waals surface area contributed by atoms with Gasteiger partial charge in [0, 0.05) is 25.7 Å². The van der Waals surface area contributed by atoms with E-state index < -0.39 is 0 Å². The van der Waals surface area contributed by atoms with Crippen molar-refractivity contribution in [1.82, 2.24) is 15.3 Å². The number of hydrogen-bond acceptors (Lipinski definition) is 4. The van der Waals surface area contributed by atoms with E-state index in [2.05, 4.69) is 33.7 Å². The van der Waals surface area contributed by atoms with Crippen molar-refractivity contribution in [2.45, 2.75) is 19.8 Å². The van der Waals surface area contributed by atoms with Crippen LogP contribution in [0.5, 0.6) is 0 Å². The van der Waals surface area contributed by atoms with Gasteiger partial charge < -0.3 is 10.2 Å². The highest BCUT2D eigenvalue weighted by Gasteiger charge is 2.18. The highest BCUT2D eigenvalue weighted by Crippen LogP contribution is 2.21.